The molecule has 0 radical (unpaired) electrons. The highest BCUT2D eigenvalue weighted by molar-refractivity contribution is 6.18. The van der Waals surface area contributed by atoms with Gasteiger partial charge in [0.2, 0.25) is 0 Å². The van der Waals surface area contributed by atoms with Gasteiger partial charge in [-0.1, -0.05) is 56.0 Å². The van der Waals surface area contributed by atoms with Crippen molar-refractivity contribution in [1.82, 2.24) is 0 Å². The molecule has 0 saturated heterocycles. The van der Waals surface area contributed by atoms with Crippen LogP contribution in [0, 0.1) is 11.8 Å². The zero-order chi connectivity index (χ0) is 11.9. The zero-order valence-electron chi connectivity index (χ0n) is 10.6. The van der Waals surface area contributed by atoms with Crippen molar-refractivity contribution >= 4 is 11.6 Å². The first-order valence-corrected chi connectivity index (χ1v) is 7.53. The van der Waals surface area contributed by atoms with E-state index in [0.29, 0.717) is 0 Å². The SMILES string of the molecule is ClCC(CCCc1ccccc1)C1CCCC1. The lowest BCUT2D eigenvalue weighted by Gasteiger charge is -2.20. The van der Waals surface area contributed by atoms with Gasteiger partial charge >= 0.3 is 0 Å². The van der Waals surface area contributed by atoms with Crippen molar-refractivity contribution in [3.05, 3.63) is 35.9 Å². The van der Waals surface area contributed by atoms with E-state index in [-0.39, 0.29) is 0 Å². The first-order valence-electron chi connectivity index (χ1n) is 7.00. The molecule has 0 amide bonds. The second kappa shape index (κ2) is 7.06. The van der Waals surface area contributed by atoms with Crippen LogP contribution < -0.4 is 0 Å². The van der Waals surface area contributed by atoms with Crippen molar-refractivity contribution < 1.29 is 0 Å². The van der Waals surface area contributed by atoms with Gasteiger partial charge in [-0.3, -0.25) is 0 Å². The summed E-state index contributed by atoms with van der Waals surface area (Å²) < 4.78 is 0. The van der Waals surface area contributed by atoms with E-state index in [1.807, 2.05) is 0 Å². The maximum absolute atomic E-state index is 6.13. The van der Waals surface area contributed by atoms with Gasteiger partial charge in [0, 0.05) is 5.88 Å². The zero-order valence-corrected chi connectivity index (χ0v) is 11.3. The third-order valence-corrected chi connectivity index (χ3v) is 4.54. The van der Waals surface area contributed by atoms with Gasteiger partial charge in [0.1, 0.15) is 0 Å². The van der Waals surface area contributed by atoms with Gasteiger partial charge in [-0.05, 0) is 36.7 Å². The number of benzene rings is 1. The standard InChI is InChI=1S/C16H23Cl/c17-13-16(15-10-4-5-11-15)12-6-9-14-7-2-1-3-8-14/h1-3,7-8,15-16H,4-6,9-13H2. The second-order valence-electron chi connectivity index (χ2n) is 5.34. The summed E-state index contributed by atoms with van der Waals surface area (Å²) >= 11 is 6.13. The Morgan fingerprint density at radius 2 is 1.82 bits per heavy atom. The van der Waals surface area contributed by atoms with Gasteiger partial charge in [0.15, 0.2) is 0 Å². The lowest BCUT2D eigenvalue weighted by molar-refractivity contribution is 0.342. The third kappa shape index (κ3) is 4.03. The number of hydrogen-bond acceptors (Lipinski definition) is 0. The minimum Gasteiger partial charge on any atom is -0.126 e. The highest BCUT2D eigenvalue weighted by Crippen LogP contribution is 2.34. The van der Waals surface area contributed by atoms with Crippen LogP contribution in [0.3, 0.4) is 0 Å². The van der Waals surface area contributed by atoms with E-state index in [1.165, 1.54) is 50.5 Å². The number of rotatable bonds is 6. The lowest BCUT2D eigenvalue weighted by atomic mass is 9.87. The molecule has 1 atom stereocenters. The third-order valence-electron chi connectivity index (χ3n) is 4.15. The van der Waals surface area contributed by atoms with Gasteiger partial charge in [0.25, 0.3) is 0 Å². The van der Waals surface area contributed by atoms with E-state index in [4.69, 9.17) is 11.6 Å². The minimum atomic E-state index is 0.767. The molecule has 2 rings (SSSR count). The summed E-state index contributed by atoms with van der Waals surface area (Å²) in [7, 11) is 0. The average molecular weight is 251 g/mol. The molecule has 0 aliphatic heterocycles. The molecule has 17 heavy (non-hydrogen) atoms. The predicted octanol–water partition coefficient (Wildman–Crippen LogP) is 5.05. The molecular weight excluding hydrogens is 228 g/mol. The van der Waals surface area contributed by atoms with Gasteiger partial charge in [0.05, 0.1) is 0 Å². The van der Waals surface area contributed by atoms with Crippen LogP contribution in [-0.4, -0.2) is 5.88 Å². The Morgan fingerprint density at radius 3 is 2.47 bits per heavy atom. The molecule has 1 aliphatic carbocycles. The van der Waals surface area contributed by atoms with Crippen LogP contribution in [0.5, 0.6) is 0 Å². The number of aryl methyl sites for hydroxylation is 1. The smallest absolute Gasteiger partial charge is 0.0254 e. The van der Waals surface area contributed by atoms with E-state index in [1.54, 1.807) is 0 Å². The van der Waals surface area contributed by atoms with E-state index in [0.717, 1.165) is 17.7 Å². The Morgan fingerprint density at radius 1 is 1.12 bits per heavy atom. The molecule has 0 nitrogen and oxygen atoms in total. The molecular formula is C16H23Cl. The van der Waals surface area contributed by atoms with Crippen LogP contribution in [-0.2, 0) is 6.42 Å². The fraction of sp³-hybridized carbons (Fsp3) is 0.625. The number of halogens is 1. The van der Waals surface area contributed by atoms with Crippen LogP contribution in [0.25, 0.3) is 0 Å². The maximum atomic E-state index is 6.13. The minimum absolute atomic E-state index is 0.767. The van der Waals surface area contributed by atoms with Crippen molar-refractivity contribution in [3.8, 4) is 0 Å². The highest BCUT2D eigenvalue weighted by atomic mass is 35.5. The molecule has 1 heteroatoms. The van der Waals surface area contributed by atoms with Gasteiger partial charge in [-0.2, -0.15) is 0 Å². The van der Waals surface area contributed by atoms with Crippen LogP contribution in [0.4, 0.5) is 0 Å². The maximum Gasteiger partial charge on any atom is 0.0254 e. The van der Waals surface area contributed by atoms with Crippen molar-refractivity contribution in [3.63, 3.8) is 0 Å². The summed E-state index contributed by atoms with van der Waals surface area (Å²) in [5.41, 5.74) is 1.47. The molecule has 0 heterocycles. The molecule has 1 aromatic carbocycles. The average Bonchev–Trinajstić information content (AvgIpc) is 2.90. The molecule has 0 spiro atoms. The van der Waals surface area contributed by atoms with E-state index < -0.39 is 0 Å². The van der Waals surface area contributed by atoms with E-state index >= 15 is 0 Å². The number of alkyl halides is 1. The summed E-state index contributed by atoms with van der Waals surface area (Å²) in [6.45, 7) is 0. The monoisotopic (exact) mass is 250 g/mol. The predicted molar refractivity (Wildman–Crippen MR) is 75.5 cm³/mol. The summed E-state index contributed by atoms with van der Waals surface area (Å²) in [6, 6.07) is 10.8. The first kappa shape index (κ1) is 13.0. The largest absolute Gasteiger partial charge is 0.126 e. The Bertz CT molecular complexity index is 301. The molecule has 0 N–H and O–H groups in total. The van der Waals surface area contributed by atoms with Crippen LogP contribution in [0.1, 0.15) is 44.1 Å². The van der Waals surface area contributed by atoms with Gasteiger partial charge < -0.3 is 0 Å². The molecule has 1 saturated carbocycles. The van der Waals surface area contributed by atoms with Crippen molar-refractivity contribution in [2.45, 2.75) is 44.9 Å². The van der Waals surface area contributed by atoms with E-state index in [2.05, 4.69) is 30.3 Å². The quantitative estimate of drug-likeness (QED) is 0.620. The molecule has 1 unspecified atom stereocenters. The molecule has 94 valence electrons. The molecule has 1 aliphatic rings. The normalized spacial score (nSPS) is 18.4. The Labute approximate surface area is 110 Å². The van der Waals surface area contributed by atoms with Gasteiger partial charge in [-0.15, -0.1) is 11.6 Å². The second-order valence-corrected chi connectivity index (χ2v) is 5.65. The van der Waals surface area contributed by atoms with E-state index in [9.17, 15) is 0 Å². The van der Waals surface area contributed by atoms with Crippen molar-refractivity contribution in [2.75, 3.05) is 5.88 Å². The number of hydrogen-bond donors (Lipinski definition) is 0. The summed E-state index contributed by atoms with van der Waals surface area (Å²) in [4.78, 5) is 0. The van der Waals surface area contributed by atoms with Crippen LogP contribution in [0.2, 0.25) is 0 Å². The summed E-state index contributed by atoms with van der Waals surface area (Å²) in [6.07, 6.45) is 9.50. The highest BCUT2D eigenvalue weighted by Gasteiger charge is 2.23. The Balaban J connectivity index is 1.72. The Hall–Kier alpha value is -0.490. The molecule has 0 bridgehead atoms. The summed E-state index contributed by atoms with van der Waals surface area (Å²) in [5.74, 6) is 2.55. The molecule has 1 aromatic rings. The van der Waals surface area contributed by atoms with Crippen molar-refractivity contribution in [1.29, 1.82) is 0 Å². The Kier molecular flexibility index (Phi) is 5.38. The molecule has 1 fully saturated rings. The molecule has 0 aromatic heterocycles. The fourth-order valence-electron chi connectivity index (χ4n) is 3.08. The van der Waals surface area contributed by atoms with Crippen LogP contribution >= 0.6 is 11.6 Å². The fourth-order valence-corrected chi connectivity index (χ4v) is 3.49. The first-order chi connectivity index (χ1) is 8.40. The summed E-state index contributed by atoms with van der Waals surface area (Å²) in [5, 5.41) is 0. The van der Waals surface area contributed by atoms with Gasteiger partial charge in [-0.25, -0.2) is 0 Å². The topological polar surface area (TPSA) is 0 Å². The van der Waals surface area contributed by atoms with Crippen molar-refractivity contribution in [2.24, 2.45) is 11.8 Å². The lowest BCUT2D eigenvalue weighted by Crippen LogP contribution is -2.13. The van der Waals surface area contributed by atoms with Crippen LogP contribution in [0.15, 0.2) is 30.3 Å².